The van der Waals surface area contributed by atoms with Crippen molar-refractivity contribution in [1.82, 2.24) is 9.55 Å². The number of rotatable bonds is 4. The Morgan fingerprint density at radius 2 is 1.87 bits per heavy atom. The van der Waals surface area contributed by atoms with Crippen LogP contribution in [-0.4, -0.2) is 21.2 Å². The second-order valence-electron chi connectivity index (χ2n) is 5.09. The molecule has 0 fully saturated rings. The number of aryl methyl sites for hydroxylation is 1. The number of aromatic nitrogens is 2. The highest BCUT2D eigenvalue weighted by atomic mass is 32.2. The molecule has 0 bridgehead atoms. The molecule has 0 aliphatic carbocycles. The molecule has 1 heterocycles. The lowest BCUT2D eigenvalue weighted by molar-refractivity contribution is -0.115. The smallest absolute Gasteiger partial charge is 0.266 e. The molecule has 2 N–H and O–H groups in total. The lowest BCUT2D eigenvalue weighted by Crippen LogP contribution is -2.23. The van der Waals surface area contributed by atoms with Crippen LogP contribution in [0.2, 0.25) is 0 Å². The average molecular weight is 325 g/mol. The lowest BCUT2D eigenvalue weighted by atomic mass is 10.2. The van der Waals surface area contributed by atoms with Crippen LogP contribution < -0.4 is 11.3 Å². The van der Waals surface area contributed by atoms with Crippen LogP contribution in [0, 0.1) is 6.92 Å². The van der Waals surface area contributed by atoms with Crippen molar-refractivity contribution in [2.45, 2.75) is 12.1 Å². The van der Waals surface area contributed by atoms with Gasteiger partial charge in [-0.25, -0.2) is 4.98 Å². The molecule has 1 aromatic heterocycles. The molecule has 0 aliphatic rings. The van der Waals surface area contributed by atoms with Crippen LogP contribution in [0.3, 0.4) is 0 Å². The Bertz CT molecular complexity index is 950. The van der Waals surface area contributed by atoms with Crippen LogP contribution in [0.25, 0.3) is 16.6 Å². The van der Waals surface area contributed by atoms with Gasteiger partial charge in [-0.15, -0.1) is 0 Å². The zero-order valence-electron chi connectivity index (χ0n) is 12.5. The first kappa shape index (κ1) is 15.3. The SMILES string of the molecule is Cc1ccccc1-n1c(SCC(N)=O)nc2ccccc2c1=O. The number of amides is 1. The van der Waals surface area contributed by atoms with Gasteiger partial charge < -0.3 is 5.73 Å². The topological polar surface area (TPSA) is 78.0 Å². The van der Waals surface area contributed by atoms with Crippen molar-refractivity contribution in [2.24, 2.45) is 5.73 Å². The molecule has 0 spiro atoms. The number of primary amides is 1. The Kier molecular flexibility index (Phi) is 4.16. The summed E-state index contributed by atoms with van der Waals surface area (Å²) in [5.41, 5.74) is 7.39. The van der Waals surface area contributed by atoms with E-state index < -0.39 is 5.91 Å². The van der Waals surface area contributed by atoms with E-state index in [4.69, 9.17) is 5.73 Å². The summed E-state index contributed by atoms with van der Waals surface area (Å²) in [4.78, 5) is 28.6. The maximum Gasteiger partial charge on any atom is 0.266 e. The molecule has 2 aromatic carbocycles. The summed E-state index contributed by atoms with van der Waals surface area (Å²) in [6, 6.07) is 14.7. The van der Waals surface area contributed by atoms with Crippen molar-refractivity contribution >= 4 is 28.6 Å². The van der Waals surface area contributed by atoms with E-state index in [2.05, 4.69) is 4.98 Å². The van der Waals surface area contributed by atoms with Gasteiger partial charge in [-0.3, -0.25) is 14.2 Å². The molecule has 116 valence electrons. The zero-order valence-corrected chi connectivity index (χ0v) is 13.3. The highest BCUT2D eigenvalue weighted by Crippen LogP contribution is 2.22. The number of benzene rings is 2. The summed E-state index contributed by atoms with van der Waals surface area (Å²) in [6.45, 7) is 1.93. The fourth-order valence-electron chi connectivity index (χ4n) is 2.37. The van der Waals surface area contributed by atoms with Crippen LogP contribution in [0.15, 0.2) is 58.5 Å². The normalized spacial score (nSPS) is 10.8. The van der Waals surface area contributed by atoms with E-state index in [-0.39, 0.29) is 11.3 Å². The van der Waals surface area contributed by atoms with E-state index >= 15 is 0 Å². The summed E-state index contributed by atoms with van der Waals surface area (Å²) < 4.78 is 1.55. The Morgan fingerprint density at radius 3 is 2.61 bits per heavy atom. The predicted octanol–water partition coefficient (Wildman–Crippen LogP) is 2.27. The van der Waals surface area contributed by atoms with Crippen LogP contribution >= 0.6 is 11.8 Å². The molecule has 5 nitrogen and oxygen atoms in total. The molecule has 0 atom stereocenters. The van der Waals surface area contributed by atoms with Gasteiger partial charge in [0.25, 0.3) is 5.56 Å². The van der Waals surface area contributed by atoms with Gasteiger partial charge in [-0.05, 0) is 30.7 Å². The molecular weight excluding hydrogens is 310 g/mol. The molecule has 0 radical (unpaired) electrons. The van der Waals surface area contributed by atoms with E-state index in [1.807, 2.05) is 43.3 Å². The summed E-state index contributed by atoms with van der Waals surface area (Å²) in [5.74, 6) is -0.384. The van der Waals surface area contributed by atoms with E-state index in [0.29, 0.717) is 16.1 Å². The summed E-state index contributed by atoms with van der Waals surface area (Å²) >= 11 is 1.17. The molecule has 3 rings (SSSR count). The van der Waals surface area contributed by atoms with Crippen LogP contribution in [0.4, 0.5) is 0 Å². The third-order valence-corrected chi connectivity index (χ3v) is 4.41. The Hall–Kier alpha value is -2.60. The van der Waals surface area contributed by atoms with Crippen LogP contribution in [-0.2, 0) is 4.79 Å². The second-order valence-corrected chi connectivity index (χ2v) is 6.04. The monoisotopic (exact) mass is 325 g/mol. The first-order valence-corrected chi connectivity index (χ1v) is 8.05. The molecule has 3 aromatic rings. The zero-order chi connectivity index (χ0) is 16.4. The fraction of sp³-hybridized carbons (Fsp3) is 0.118. The minimum atomic E-state index is -0.450. The van der Waals surface area contributed by atoms with Gasteiger partial charge in [0.15, 0.2) is 5.16 Å². The highest BCUT2D eigenvalue weighted by molar-refractivity contribution is 7.99. The van der Waals surface area contributed by atoms with Gasteiger partial charge in [-0.1, -0.05) is 42.1 Å². The minimum Gasteiger partial charge on any atom is -0.369 e. The Labute approximate surface area is 137 Å². The number of carbonyl (C=O) groups is 1. The highest BCUT2D eigenvalue weighted by Gasteiger charge is 2.15. The van der Waals surface area contributed by atoms with Crippen LogP contribution in [0.1, 0.15) is 5.56 Å². The molecule has 0 unspecified atom stereocenters. The van der Waals surface area contributed by atoms with Gasteiger partial charge >= 0.3 is 0 Å². The predicted molar refractivity (Wildman–Crippen MR) is 92.0 cm³/mol. The quantitative estimate of drug-likeness (QED) is 0.589. The summed E-state index contributed by atoms with van der Waals surface area (Å²) in [6.07, 6.45) is 0. The molecule has 23 heavy (non-hydrogen) atoms. The van der Waals surface area contributed by atoms with Crippen LogP contribution in [0.5, 0.6) is 0 Å². The van der Waals surface area contributed by atoms with Crippen molar-refractivity contribution in [3.63, 3.8) is 0 Å². The van der Waals surface area contributed by atoms with Gasteiger partial charge in [0.1, 0.15) is 0 Å². The third kappa shape index (κ3) is 2.98. The fourth-order valence-corrected chi connectivity index (χ4v) is 3.12. The number of hydrogen-bond acceptors (Lipinski definition) is 4. The number of carbonyl (C=O) groups excluding carboxylic acids is 1. The van der Waals surface area contributed by atoms with E-state index in [1.54, 1.807) is 16.7 Å². The molecule has 0 aliphatic heterocycles. The number of thioether (sulfide) groups is 1. The molecule has 6 heteroatoms. The maximum atomic E-state index is 12.9. The van der Waals surface area contributed by atoms with Gasteiger partial charge in [0.2, 0.25) is 5.91 Å². The molecule has 1 amide bonds. The van der Waals surface area contributed by atoms with Crippen molar-refractivity contribution in [3.05, 3.63) is 64.4 Å². The van der Waals surface area contributed by atoms with E-state index in [0.717, 1.165) is 11.3 Å². The second kappa shape index (κ2) is 6.26. The third-order valence-electron chi connectivity index (χ3n) is 3.44. The van der Waals surface area contributed by atoms with Gasteiger partial charge in [-0.2, -0.15) is 0 Å². The Balaban J connectivity index is 2.30. The number of hydrogen-bond donors (Lipinski definition) is 1. The van der Waals surface area contributed by atoms with E-state index in [1.165, 1.54) is 11.8 Å². The van der Waals surface area contributed by atoms with E-state index in [9.17, 15) is 9.59 Å². The number of nitrogens with zero attached hydrogens (tertiary/aromatic N) is 2. The van der Waals surface area contributed by atoms with Crippen molar-refractivity contribution in [3.8, 4) is 5.69 Å². The average Bonchev–Trinajstić information content (AvgIpc) is 2.54. The molecule has 0 saturated heterocycles. The Morgan fingerprint density at radius 1 is 1.17 bits per heavy atom. The number of para-hydroxylation sites is 2. The lowest BCUT2D eigenvalue weighted by Gasteiger charge is -2.14. The first-order chi connectivity index (χ1) is 11.1. The summed E-state index contributed by atoms with van der Waals surface area (Å²) in [7, 11) is 0. The molecule has 0 saturated carbocycles. The first-order valence-electron chi connectivity index (χ1n) is 7.07. The summed E-state index contributed by atoms with van der Waals surface area (Å²) in [5, 5.41) is 1.00. The van der Waals surface area contributed by atoms with Gasteiger partial charge in [0.05, 0.1) is 22.3 Å². The standard InChI is InChI=1S/C17H15N3O2S/c1-11-6-2-5-9-14(11)20-16(22)12-7-3-4-8-13(12)19-17(20)23-10-15(18)21/h2-9H,10H2,1H3,(H2,18,21). The maximum absolute atomic E-state index is 12.9. The number of nitrogens with two attached hydrogens (primary N) is 1. The molecular formula is C17H15N3O2S. The largest absolute Gasteiger partial charge is 0.369 e. The van der Waals surface area contributed by atoms with Crippen molar-refractivity contribution in [2.75, 3.05) is 5.75 Å². The number of fused-ring (bicyclic) bond motifs is 1. The van der Waals surface area contributed by atoms with Crippen molar-refractivity contribution < 1.29 is 4.79 Å². The minimum absolute atomic E-state index is 0.0661. The van der Waals surface area contributed by atoms with Gasteiger partial charge in [0, 0.05) is 0 Å². The van der Waals surface area contributed by atoms with Crippen molar-refractivity contribution in [1.29, 1.82) is 0 Å².